The van der Waals surface area contributed by atoms with Gasteiger partial charge in [-0.15, -0.1) is 0 Å². The quantitative estimate of drug-likeness (QED) is 0.728. The highest BCUT2D eigenvalue weighted by Gasteiger charge is 2.35. The first-order valence-electron chi connectivity index (χ1n) is 4.46. The highest BCUT2D eigenvalue weighted by molar-refractivity contribution is 5.66. The molecule has 1 atom stereocenters. The van der Waals surface area contributed by atoms with Gasteiger partial charge in [0.25, 0.3) is 0 Å². The second-order valence-electron chi connectivity index (χ2n) is 3.40. The maximum atomic E-state index is 10.7. The SMILES string of the molecule is Cc1cnc(C2CCN2C(=O)O)nc1. The van der Waals surface area contributed by atoms with E-state index < -0.39 is 6.09 Å². The van der Waals surface area contributed by atoms with E-state index in [-0.39, 0.29) is 6.04 Å². The Balaban J connectivity index is 2.16. The lowest BCUT2D eigenvalue weighted by Gasteiger charge is -2.37. The van der Waals surface area contributed by atoms with Crippen LogP contribution in [0.2, 0.25) is 0 Å². The minimum absolute atomic E-state index is 0.145. The zero-order chi connectivity index (χ0) is 10.1. The fourth-order valence-electron chi connectivity index (χ4n) is 1.46. The van der Waals surface area contributed by atoms with Crippen LogP contribution >= 0.6 is 0 Å². The van der Waals surface area contributed by atoms with Crippen LogP contribution < -0.4 is 0 Å². The summed E-state index contributed by atoms with van der Waals surface area (Å²) < 4.78 is 0. The van der Waals surface area contributed by atoms with Gasteiger partial charge in [0.1, 0.15) is 0 Å². The van der Waals surface area contributed by atoms with Gasteiger partial charge in [-0.1, -0.05) is 0 Å². The van der Waals surface area contributed by atoms with Gasteiger partial charge in [0, 0.05) is 18.9 Å². The first-order chi connectivity index (χ1) is 6.68. The molecule has 0 radical (unpaired) electrons. The van der Waals surface area contributed by atoms with Gasteiger partial charge in [0.05, 0.1) is 6.04 Å². The molecular formula is C9H11N3O2. The minimum atomic E-state index is -0.898. The van der Waals surface area contributed by atoms with Crippen LogP contribution in [0.1, 0.15) is 23.9 Å². The number of likely N-dealkylation sites (tertiary alicyclic amines) is 1. The van der Waals surface area contributed by atoms with Gasteiger partial charge in [0.2, 0.25) is 0 Å². The molecule has 1 N–H and O–H groups in total. The van der Waals surface area contributed by atoms with Crippen LogP contribution in [0, 0.1) is 6.92 Å². The molecule has 1 unspecified atom stereocenters. The maximum Gasteiger partial charge on any atom is 0.407 e. The van der Waals surface area contributed by atoms with Crippen molar-refractivity contribution in [3.05, 3.63) is 23.8 Å². The number of hydrogen-bond acceptors (Lipinski definition) is 3. The van der Waals surface area contributed by atoms with Gasteiger partial charge in [-0.25, -0.2) is 14.8 Å². The van der Waals surface area contributed by atoms with Crippen molar-refractivity contribution < 1.29 is 9.90 Å². The minimum Gasteiger partial charge on any atom is -0.465 e. The number of nitrogens with zero attached hydrogens (tertiary/aromatic N) is 3. The molecule has 2 rings (SSSR count). The largest absolute Gasteiger partial charge is 0.465 e. The first-order valence-corrected chi connectivity index (χ1v) is 4.46. The average Bonchev–Trinajstić information content (AvgIpc) is 2.05. The van der Waals surface area contributed by atoms with Crippen LogP contribution in [-0.4, -0.2) is 32.6 Å². The number of carbonyl (C=O) groups is 1. The Labute approximate surface area is 81.4 Å². The molecule has 1 aromatic heterocycles. The molecule has 1 aliphatic rings. The predicted molar refractivity (Wildman–Crippen MR) is 48.9 cm³/mol. The van der Waals surface area contributed by atoms with Gasteiger partial charge in [-0.05, 0) is 18.9 Å². The van der Waals surface area contributed by atoms with Crippen LogP contribution in [0.4, 0.5) is 4.79 Å². The summed E-state index contributed by atoms with van der Waals surface area (Å²) in [6.07, 6.45) is 3.34. The summed E-state index contributed by atoms with van der Waals surface area (Å²) in [4.78, 5) is 20.3. The van der Waals surface area contributed by atoms with E-state index in [9.17, 15) is 4.79 Å². The Morgan fingerprint density at radius 2 is 2.21 bits per heavy atom. The zero-order valence-electron chi connectivity index (χ0n) is 7.84. The highest BCUT2D eigenvalue weighted by atomic mass is 16.4. The van der Waals surface area contributed by atoms with E-state index in [2.05, 4.69) is 9.97 Å². The number of aromatic nitrogens is 2. The molecule has 1 saturated heterocycles. The van der Waals surface area contributed by atoms with E-state index in [4.69, 9.17) is 5.11 Å². The van der Waals surface area contributed by atoms with Crippen LogP contribution in [0.3, 0.4) is 0 Å². The molecule has 1 aliphatic heterocycles. The van der Waals surface area contributed by atoms with Crippen LogP contribution in [0.5, 0.6) is 0 Å². The monoisotopic (exact) mass is 193 g/mol. The van der Waals surface area contributed by atoms with Crippen molar-refractivity contribution in [2.75, 3.05) is 6.54 Å². The third kappa shape index (κ3) is 1.41. The van der Waals surface area contributed by atoms with Gasteiger partial charge in [-0.2, -0.15) is 0 Å². The number of hydrogen-bond donors (Lipinski definition) is 1. The standard InChI is InChI=1S/C9H11N3O2/c1-6-4-10-8(11-5-6)7-2-3-12(7)9(13)14/h4-5,7H,2-3H2,1H3,(H,13,14). The molecule has 5 nitrogen and oxygen atoms in total. The predicted octanol–water partition coefficient (Wildman–Crippen LogP) is 1.21. The lowest BCUT2D eigenvalue weighted by molar-refractivity contribution is 0.0713. The van der Waals surface area contributed by atoms with Crippen molar-refractivity contribution in [1.29, 1.82) is 0 Å². The molecular weight excluding hydrogens is 182 g/mol. The van der Waals surface area contributed by atoms with E-state index in [1.54, 1.807) is 12.4 Å². The highest BCUT2D eigenvalue weighted by Crippen LogP contribution is 2.30. The Morgan fingerprint density at radius 1 is 1.57 bits per heavy atom. The Kier molecular flexibility index (Phi) is 2.07. The summed E-state index contributed by atoms with van der Waals surface area (Å²) in [5.41, 5.74) is 0.981. The van der Waals surface area contributed by atoms with Gasteiger partial charge < -0.3 is 5.11 Å². The normalized spacial score (nSPS) is 20.4. The average molecular weight is 193 g/mol. The van der Waals surface area contributed by atoms with Crippen molar-refractivity contribution >= 4 is 6.09 Å². The Bertz CT molecular complexity index is 350. The lowest BCUT2D eigenvalue weighted by atomic mass is 10.0. The molecule has 1 fully saturated rings. The number of aryl methyl sites for hydroxylation is 1. The van der Waals surface area contributed by atoms with E-state index in [0.717, 1.165) is 12.0 Å². The molecule has 74 valence electrons. The summed E-state index contributed by atoms with van der Waals surface area (Å²) in [5.74, 6) is 0.601. The topological polar surface area (TPSA) is 66.3 Å². The van der Waals surface area contributed by atoms with Gasteiger partial charge in [-0.3, -0.25) is 4.90 Å². The molecule has 1 amide bonds. The second kappa shape index (κ2) is 3.25. The van der Waals surface area contributed by atoms with Crippen molar-refractivity contribution in [2.45, 2.75) is 19.4 Å². The summed E-state index contributed by atoms with van der Waals surface area (Å²) >= 11 is 0. The molecule has 0 bridgehead atoms. The van der Waals surface area contributed by atoms with Crippen LogP contribution in [0.25, 0.3) is 0 Å². The van der Waals surface area contributed by atoms with Crippen molar-refractivity contribution in [2.24, 2.45) is 0 Å². The lowest BCUT2D eigenvalue weighted by Crippen LogP contribution is -2.45. The number of carboxylic acid groups (broad SMARTS) is 1. The molecule has 14 heavy (non-hydrogen) atoms. The summed E-state index contributed by atoms with van der Waals surface area (Å²) in [5, 5.41) is 8.79. The van der Waals surface area contributed by atoms with Crippen molar-refractivity contribution in [1.82, 2.24) is 14.9 Å². The molecule has 5 heteroatoms. The third-order valence-electron chi connectivity index (χ3n) is 2.36. The molecule has 2 heterocycles. The van der Waals surface area contributed by atoms with Gasteiger partial charge >= 0.3 is 6.09 Å². The van der Waals surface area contributed by atoms with Crippen molar-refractivity contribution in [3.8, 4) is 0 Å². The number of rotatable bonds is 1. The fraction of sp³-hybridized carbons (Fsp3) is 0.444. The molecule has 1 aromatic rings. The van der Waals surface area contributed by atoms with Crippen LogP contribution in [0.15, 0.2) is 12.4 Å². The summed E-state index contributed by atoms with van der Waals surface area (Å²) in [6, 6.07) is -0.145. The van der Waals surface area contributed by atoms with E-state index in [1.165, 1.54) is 4.90 Å². The maximum absolute atomic E-state index is 10.7. The van der Waals surface area contributed by atoms with Crippen molar-refractivity contribution in [3.63, 3.8) is 0 Å². The van der Waals surface area contributed by atoms with E-state index >= 15 is 0 Å². The molecule has 0 spiro atoms. The summed E-state index contributed by atoms with van der Waals surface area (Å²) in [7, 11) is 0. The summed E-state index contributed by atoms with van der Waals surface area (Å²) in [6.45, 7) is 2.48. The third-order valence-corrected chi connectivity index (χ3v) is 2.36. The smallest absolute Gasteiger partial charge is 0.407 e. The van der Waals surface area contributed by atoms with Crippen LogP contribution in [-0.2, 0) is 0 Å². The molecule has 0 aromatic carbocycles. The first kappa shape index (κ1) is 8.93. The zero-order valence-corrected chi connectivity index (χ0v) is 7.84. The Hall–Kier alpha value is -1.65. The second-order valence-corrected chi connectivity index (χ2v) is 3.40. The fourth-order valence-corrected chi connectivity index (χ4v) is 1.46. The number of amides is 1. The molecule has 0 aliphatic carbocycles. The van der Waals surface area contributed by atoms with E-state index in [0.29, 0.717) is 12.4 Å². The molecule has 0 saturated carbocycles. The van der Waals surface area contributed by atoms with Gasteiger partial charge in [0.15, 0.2) is 5.82 Å². The van der Waals surface area contributed by atoms with E-state index in [1.807, 2.05) is 6.92 Å². The Morgan fingerprint density at radius 3 is 2.64 bits per heavy atom.